The van der Waals surface area contributed by atoms with Gasteiger partial charge in [-0.3, -0.25) is 0 Å². The summed E-state index contributed by atoms with van der Waals surface area (Å²) < 4.78 is 1.33. The lowest BCUT2D eigenvalue weighted by Crippen LogP contribution is -2.76. The van der Waals surface area contributed by atoms with Gasteiger partial charge in [0.25, 0.3) is 0 Å². The summed E-state index contributed by atoms with van der Waals surface area (Å²) in [6.45, 7) is 0. The summed E-state index contributed by atoms with van der Waals surface area (Å²) >= 11 is 4.26. The van der Waals surface area contributed by atoms with E-state index in [1.165, 1.54) is 0 Å². The minimum atomic E-state index is -3.09. The van der Waals surface area contributed by atoms with Crippen molar-refractivity contribution in [1.82, 2.24) is 0 Å². The van der Waals surface area contributed by atoms with Crippen LogP contribution in [0.25, 0.3) is 0 Å². The van der Waals surface area contributed by atoms with Gasteiger partial charge in [-0.05, 0) is 78.1 Å². The first-order chi connectivity index (χ1) is 15.9. The second kappa shape index (κ2) is 9.78. The Bertz CT molecular complexity index is 1240. The van der Waals surface area contributed by atoms with Crippen molar-refractivity contribution in [2.45, 2.75) is 0 Å². The normalized spacial score (nSPS) is 11.2. The van der Waals surface area contributed by atoms with Gasteiger partial charge in [0.15, 0.2) is 8.07 Å². The Morgan fingerprint density at radius 2 is 0.909 bits per heavy atom. The van der Waals surface area contributed by atoms with Crippen molar-refractivity contribution in [3.63, 3.8) is 0 Å². The molecule has 164 valence electrons. The van der Waals surface area contributed by atoms with E-state index >= 15 is 0 Å². The highest BCUT2D eigenvalue weighted by Crippen LogP contribution is 2.20. The fourth-order valence-electron chi connectivity index (χ4n) is 4.28. The first kappa shape index (κ1) is 23.6. The number of carboxylic acids is 2. The molecule has 33 heavy (non-hydrogen) atoms. The average Bonchev–Trinajstić information content (AvgIpc) is 2.82. The Balaban J connectivity index is 2.26. The number of hydrogen-bond acceptors (Lipinski definition) is 2. The molecular formula is C26H18I2O4Si. The van der Waals surface area contributed by atoms with Crippen LogP contribution < -0.4 is 20.7 Å². The maximum Gasteiger partial charge on any atom is 0.336 e. The van der Waals surface area contributed by atoms with Gasteiger partial charge in [-0.2, -0.15) is 0 Å². The van der Waals surface area contributed by atoms with E-state index in [-0.39, 0.29) is 11.1 Å². The van der Waals surface area contributed by atoms with Crippen molar-refractivity contribution in [3.8, 4) is 0 Å². The number of benzene rings is 4. The Morgan fingerprint density at radius 3 is 1.24 bits per heavy atom. The van der Waals surface area contributed by atoms with Crippen molar-refractivity contribution >= 4 is 85.9 Å². The van der Waals surface area contributed by atoms with E-state index in [1.54, 1.807) is 24.3 Å². The summed E-state index contributed by atoms with van der Waals surface area (Å²) in [7, 11) is -3.09. The van der Waals surface area contributed by atoms with Crippen LogP contribution in [-0.2, 0) is 0 Å². The topological polar surface area (TPSA) is 74.6 Å². The number of aromatic carboxylic acids is 2. The minimum absolute atomic E-state index is 0.237. The SMILES string of the molecule is O=C(O)c1cccc([Si](c2ccccc2)(c2ccccc2)c2cccc(C(=O)O)c2I)c1I. The Morgan fingerprint density at radius 1 is 0.545 bits per heavy atom. The van der Waals surface area contributed by atoms with Gasteiger partial charge in [0.2, 0.25) is 0 Å². The monoisotopic (exact) mass is 676 g/mol. The van der Waals surface area contributed by atoms with Crippen LogP contribution in [0.2, 0.25) is 0 Å². The molecule has 0 fully saturated rings. The summed E-state index contributed by atoms with van der Waals surface area (Å²) in [6.07, 6.45) is 0. The summed E-state index contributed by atoms with van der Waals surface area (Å²) in [4.78, 5) is 24.1. The highest BCUT2D eigenvalue weighted by atomic mass is 127. The van der Waals surface area contributed by atoms with E-state index in [2.05, 4.69) is 69.4 Å². The minimum Gasteiger partial charge on any atom is -0.478 e. The number of rotatable bonds is 6. The predicted molar refractivity (Wildman–Crippen MR) is 149 cm³/mol. The second-order valence-corrected chi connectivity index (χ2v) is 13.3. The summed E-state index contributed by atoms with van der Waals surface area (Å²) in [5.41, 5.74) is 0.475. The third-order valence-electron chi connectivity index (χ3n) is 5.68. The molecule has 7 heteroatoms. The first-order valence-corrected chi connectivity index (χ1v) is 14.2. The highest BCUT2D eigenvalue weighted by molar-refractivity contribution is 14.1. The molecule has 4 aromatic carbocycles. The lowest BCUT2D eigenvalue weighted by molar-refractivity contribution is 0.0685. The molecule has 0 amide bonds. The van der Waals surface area contributed by atoms with E-state index in [0.29, 0.717) is 7.14 Å². The smallest absolute Gasteiger partial charge is 0.336 e. The van der Waals surface area contributed by atoms with Crippen LogP contribution in [0.5, 0.6) is 0 Å². The maximum atomic E-state index is 12.1. The van der Waals surface area contributed by atoms with E-state index < -0.39 is 20.0 Å². The van der Waals surface area contributed by atoms with E-state index in [1.807, 2.05) is 48.5 Å². The zero-order valence-corrected chi connectivity index (χ0v) is 22.5. The van der Waals surface area contributed by atoms with Crippen LogP contribution in [0.3, 0.4) is 0 Å². The van der Waals surface area contributed by atoms with Crippen molar-refractivity contribution in [3.05, 3.63) is 115 Å². The molecule has 0 unspecified atom stereocenters. The van der Waals surface area contributed by atoms with Gasteiger partial charge in [0.1, 0.15) is 0 Å². The fraction of sp³-hybridized carbons (Fsp3) is 0. The second-order valence-electron chi connectivity index (χ2n) is 7.43. The van der Waals surface area contributed by atoms with Gasteiger partial charge in [-0.25, -0.2) is 9.59 Å². The Hall–Kier alpha value is -2.50. The Labute approximate surface area is 219 Å². The van der Waals surface area contributed by atoms with Crippen LogP contribution in [0.4, 0.5) is 0 Å². The number of carboxylic acid groups (broad SMARTS) is 2. The Kier molecular flexibility index (Phi) is 7.01. The standard InChI is InChI=1S/C26H18I2O4Si/c27-23-19(25(29)30)13-7-15-21(23)33(17-9-3-1-4-10-17,18-11-5-2-6-12-18)22-16-8-14-20(24(22)28)26(31)32/h1-16H,(H,29,30)(H,31,32). The molecule has 0 bridgehead atoms. The van der Waals surface area contributed by atoms with E-state index in [4.69, 9.17) is 0 Å². The molecule has 2 N–H and O–H groups in total. The van der Waals surface area contributed by atoms with Gasteiger partial charge >= 0.3 is 11.9 Å². The average molecular weight is 676 g/mol. The van der Waals surface area contributed by atoms with Crippen LogP contribution in [0, 0.1) is 7.14 Å². The summed E-state index contributed by atoms with van der Waals surface area (Å²) in [6, 6.07) is 30.8. The fourth-order valence-corrected chi connectivity index (χ4v) is 12.8. The van der Waals surface area contributed by atoms with Gasteiger partial charge in [0.05, 0.1) is 11.1 Å². The van der Waals surface area contributed by atoms with Gasteiger partial charge in [-0.15, -0.1) is 0 Å². The van der Waals surface area contributed by atoms with Crippen LogP contribution in [0.15, 0.2) is 97.1 Å². The molecule has 0 aliphatic carbocycles. The molecule has 0 aromatic heterocycles. The van der Waals surface area contributed by atoms with Crippen molar-refractivity contribution < 1.29 is 19.8 Å². The van der Waals surface area contributed by atoms with Crippen molar-refractivity contribution in [2.24, 2.45) is 0 Å². The molecule has 4 rings (SSSR count). The van der Waals surface area contributed by atoms with Crippen molar-refractivity contribution in [2.75, 3.05) is 0 Å². The molecule has 0 saturated heterocycles. The number of carbonyl (C=O) groups is 2. The molecular weight excluding hydrogens is 658 g/mol. The van der Waals surface area contributed by atoms with Crippen LogP contribution in [0.1, 0.15) is 20.7 Å². The lowest BCUT2D eigenvalue weighted by Gasteiger charge is -2.36. The zero-order valence-electron chi connectivity index (χ0n) is 17.2. The zero-order chi connectivity index (χ0) is 23.6. The summed E-state index contributed by atoms with van der Waals surface area (Å²) in [5, 5.41) is 23.7. The predicted octanol–water partition coefficient (Wildman–Crippen LogP) is 3.67. The largest absolute Gasteiger partial charge is 0.478 e. The maximum absolute atomic E-state index is 12.1. The van der Waals surface area contributed by atoms with Gasteiger partial charge in [0, 0.05) is 7.14 Å². The molecule has 0 atom stereocenters. The van der Waals surface area contributed by atoms with Crippen LogP contribution >= 0.6 is 45.2 Å². The third kappa shape index (κ3) is 4.13. The van der Waals surface area contributed by atoms with Crippen molar-refractivity contribution in [1.29, 1.82) is 0 Å². The molecule has 0 spiro atoms. The van der Waals surface area contributed by atoms with Gasteiger partial charge < -0.3 is 10.2 Å². The first-order valence-electron chi connectivity index (χ1n) is 10.0. The van der Waals surface area contributed by atoms with Gasteiger partial charge in [-0.1, -0.05) is 84.9 Å². The molecule has 0 radical (unpaired) electrons. The van der Waals surface area contributed by atoms with Crippen LogP contribution in [-0.4, -0.2) is 30.2 Å². The molecule has 0 saturated carbocycles. The quantitative estimate of drug-likeness (QED) is 0.186. The molecule has 0 heterocycles. The summed E-state index contributed by atoms with van der Waals surface area (Å²) in [5.74, 6) is -1.97. The molecule has 4 nitrogen and oxygen atoms in total. The molecule has 4 aromatic rings. The number of halogens is 2. The van der Waals surface area contributed by atoms with E-state index in [9.17, 15) is 19.8 Å². The molecule has 0 aliphatic heterocycles. The highest BCUT2D eigenvalue weighted by Gasteiger charge is 2.45. The number of hydrogen-bond donors (Lipinski definition) is 2. The van der Waals surface area contributed by atoms with E-state index in [0.717, 1.165) is 20.7 Å². The molecule has 0 aliphatic rings. The third-order valence-corrected chi connectivity index (χ3v) is 13.9. The lowest BCUT2D eigenvalue weighted by atomic mass is 10.2.